The lowest BCUT2D eigenvalue weighted by Gasteiger charge is -2.24. The Bertz CT molecular complexity index is 620. The van der Waals surface area contributed by atoms with Crippen LogP contribution >= 0.6 is 0 Å². The van der Waals surface area contributed by atoms with Gasteiger partial charge in [0.05, 0.1) is 23.5 Å². The van der Waals surface area contributed by atoms with Crippen molar-refractivity contribution in [2.24, 2.45) is 11.8 Å². The zero-order valence-corrected chi connectivity index (χ0v) is 14.3. The van der Waals surface area contributed by atoms with Crippen molar-refractivity contribution in [2.45, 2.75) is 39.7 Å². The number of aryl methyl sites for hydroxylation is 1. The average Bonchev–Trinajstić information content (AvgIpc) is 2.84. The van der Waals surface area contributed by atoms with Gasteiger partial charge in [0.2, 0.25) is 5.91 Å². The Morgan fingerprint density at radius 2 is 1.91 bits per heavy atom. The predicted molar refractivity (Wildman–Crippen MR) is 88.3 cm³/mol. The van der Waals surface area contributed by atoms with Crippen molar-refractivity contribution in [1.29, 1.82) is 0 Å². The summed E-state index contributed by atoms with van der Waals surface area (Å²) in [6, 6.07) is 8.18. The van der Waals surface area contributed by atoms with E-state index >= 15 is 0 Å². The van der Waals surface area contributed by atoms with Gasteiger partial charge in [-0.05, 0) is 29.9 Å². The summed E-state index contributed by atoms with van der Waals surface area (Å²) in [5.41, 5.74) is 2.33. The molecule has 2 rings (SSSR count). The normalized spacial score (nSPS) is 21.7. The predicted octanol–water partition coefficient (Wildman–Crippen LogP) is 2.50. The molecule has 1 aromatic rings. The Morgan fingerprint density at radius 3 is 2.36 bits per heavy atom. The monoisotopic (exact) mass is 323 g/mol. The SMILES string of the molecule is CCc1ccc([C@H](NC(=O)[C@H]2CCS(=O)(=O)C2)C(C)C)cc1. The summed E-state index contributed by atoms with van der Waals surface area (Å²) < 4.78 is 23.1. The summed E-state index contributed by atoms with van der Waals surface area (Å²) in [6.07, 6.45) is 1.42. The van der Waals surface area contributed by atoms with E-state index in [1.807, 2.05) is 0 Å². The Morgan fingerprint density at radius 1 is 1.27 bits per heavy atom. The average molecular weight is 323 g/mol. The molecule has 0 spiro atoms. The number of rotatable bonds is 5. The molecule has 1 aromatic carbocycles. The maximum absolute atomic E-state index is 12.4. The lowest BCUT2D eigenvalue weighted by atomic mass is 9.94. The van der Waals surface area contributed by atoms with E-state index < -0.39 is 15.8 Å². The summed E-state index contributed by atoms with van der Waals surface area (Å²) in [6.45, 7) is 6.23. The van der Waals surface area contributed by atoms with E-state index in [9.17, 15) is 13.2 Å². The molecule has 4 nitrogen and oxygen atoms in total. The van der Waals surface area contributed by atoms with E-state index in [0.29, 0.717) is 6.42 Å². The molecule has 0 aromatic heterocycles. The smallest absolute Gasteiger partial charge is 0.224 e. The van der Waals surface area contributed by atoms with Gasteiger partial charge in [0, 0.05) is 0 Å². The van der Waals surface area contributed by atoms with Gasteiger partial charge in [0.15, 0.2) is 9.84 Å². The summed E-state index contributed by atoms with van der Waals surface area (Å²) in [4.78, 5) is 12.4. The number of amides is 1. The van der Waals surface area contributed by atoms with Gasteiger partial charge in [-0.25, -0.2) is 8.42 Å². The van der Waals surface area contributed by atoms with Crippen LogP contribution in [0.2, 0.25) is 0 Å². The molecular formula is C17H25NO3S. The van der Waals surface area contributed by atoms with Gasteiger partial charge in [-0.2, -0.15) is 0 Å². The standard InChI is InChI=1S/C17H25NO3S/c1-4-13-5-7-14(8-6-13)16(12(2)3)18-17(19)15-9-10-22(20,21)11-15/h5-8,12,15-16H,4,9-11H2,1-3H3,(H,18,19)/t15-,16+/m0/s1. The van der Waals surface area contributed by atoms with Crippen molar-refractivity contribution in [1.82, 2.24) is 5.32 Å². The molecule has 1 aliphatic heterocycles. The largest absolute Gasteiger partial charge is 0.349 e. The topological polar surface area (TPSA) is 63.2 Å². The van der Waals surface area contributed by atoms with Gasteiger partial charge < -0.3 is 5.32 Å². The first-order chi connectivity index (χ1) is 10.3. The molecule has 1 aliphatic rings. The number of hydrogen-bond donors (Lipinski definition) is 1. The Kier molecular flexibility index (Phi) is 5.27. The van der Waals surface area contributed by atoms with Crippen molar-refractivity contribution in [3.05, 3.63) is 35.4 Å². The van der Waals surface area contributed by atoms with Crippen LogP contribution in [0, 0.1) is 11.8 Å². The molecule has 1 saturated heterocycles. The van der Waals surface area contributed by atoms with E-state index in [2.05, 4.69) is 50.4 Å². The summed E-state index contributed by atoms with van der Waals surface area (Å²) in [5, 5.41) is 3.05. The lowest BCUT2D eigenvalue weighted by molar-refractivity contribution is -0.125. The lowest BCUT2D eigenvalue weighted by Crippen LogP contribution is -2.36. The third-order valence-electron chi connectivity index (χ3n) is 4.31. The minimum Gasteiger partial charge on any atom is -0.349 e. The second-order valence-corrected chi connectivity index (χ2v) is 8.65. The van der Waals surface area contributed by atoms with Crippen LogP contribution in [-0.4, -0.2) is 25.8 Å². The fourth-order valence-corrected chi connectivity index (χ4v) is 4.61. The van der Waals surface area contributed by atoms with Gasteiger partial charge in [-0.3, -0.25) is 4.79 Å². The van der Waals surface area contributed by atoms with E-state index in [1.54, 1.807) is 0 Å². The van der Waals surface area contributed by atoms with Crippen molar-refractivity contribution in [3.8, 4) is 0 Å². The number of carbonyl (C=O) groups is 1. The molecule has 0 aliphatic carbocycles. The van der Waals surface area contributed by atoms with Crippen LogP contribution in [-0.2, 0) is 21.1 Å². The molecule has 0 unspecified atom stereocenters. The molecule has 1 fully saturated rings. The Balaban J connectivity index is 2.10. The van der Waals surface area contributed by atoms with E-state index in [4.69, 9.17) is 0 Å². The highest BCUT2D eigenvalue weighted by molar-refractivity contribution is 7.91. The van der Waals surface area contributed by atoms with E-state index in [1.165, 1.54) is 5.56 Å². The molecule has 22 heavy (non-hydrogen) atoms. The van der Waals surface area contributed by atoms with Crippen molar-refractivity contribution in [3.63, 3.8) is 0 Å². The van der Waals surface area contributed by atoms with Crippen molar-refractivity contribution >= 4 is 15.7 Å². The molecule has 2 atom stereocenters. The number of benzene rings is 1. The molecule has 1 heterocycles. The first-order valence-electron chi connectivity index (χ1n) is 7.92. The molecular weight excluding hydrogens is 298 g/mol. The van der Waals surface area contributed by atoms with Crippen LogP contribution in [0.3, 0.4) is 0 Å². The third-order valence-corrected chi connectivity index (χ3v) is 6.08. The van der Waals surface area contributed by atoms with Gasteiger partial charge in [-0.1, -0.05) is 45.0 Å². The molecule has 1 amide bonds. The molecule has 0 radical (unpaired) electrons. The van der Waals surface area contributed by atoms with Crippen molar-refractivity contribution in [2.75, 3.05) is 11.5 Å². The quantitative estimate of drug-likeness (QED) is 0.905. The maximum atomic E-state index is 12.4. The van der Waals surface area contributed by atoms with Crippen LogP contribution in [0.1, 0.15) is 44.4 Å². The Hall–Kier alpha value is -1.36. The number of nitrogens with one attached hydrogen (secondary N) is 1. The second kappa shape index (κ2) is 6.82. The summed E-state index contributed by atoms with van der Waals surface area (Å²) in [5.74, 6) is -0.184. The zero-order chi connectivity index (χ0) is 16.3. The first kappa shape index (κ1) is 17.0. The highest BCUT2D eigenvalue weighted by Gasteiger charge is 2.34. The minimum atomic E-state index is -3.03. The number of carbonyl (C=O) groups excluding carboxylic acids is 1. The van der Waals surface area contributed by atoms with Gasteiger partial charge in [-0.15, -0.1) is 0 Å². The molecule has 5 heteroatoms. The molecule has 122 valence electrons. The molecule has 0 bridgehead atoms. The molecule has 0 saturated carbocycles. The highest BCUT2D eigenvalue weighted by Crippen LogP contribution is 2.25. The number of hydrogen-bond acceptors (Lipinski definition) is 3. The zero-order valence-electron chi connectivity index (χ0n) is 13.5. The second-order valence-electron chi connectivity index (χ2n) is 6.43. The van der Waals surface area contributed by atoms with Crippen LogP contribution in [0.4, 0.5) is 0 Å². The van der Waals surface area contributed by atoms with Gasteiger partial charge >= 0.3 is 0 Å². The fraction of sp³-hybridized carbons (Fsp3) is 0.588. The third kappa shape index (κ3) is 4.09. The number of sulfone groups is 1. The fourth-order valence-electron chi connectivity index (χ4n) is 2.87. The van der Waals surface area contributed by atoms with Crippen LogP contribution < -0.4 is 5.32 Å². The van der Waals surface area contributed by atoms with Crippen LogP contribution in [0.25, 0.3) is 0 Å². The highest BCUT2D eigenvalue weighted by atomic mass is 32.2. The summed E-state index contributed by atoms with van der Waals surface area (Å²) >= 11 is 0. The maximum Gasteiger partial charge on any atom is 0.224 e. The van der Waals surface area contributed by atoms with Gasteiger partial charge in [0.25, 0.3) is 0 Å². The molecule has 1 N–H and O–H groups in total. The van der Waals surface area contributed by atoms with Crippen molar-refractivity contribution < 1.29 is 13.2 Å². The summed E-state index contributed by atoms with van der Waals surface area (Å²) in [7, 11) is -3.03. The van der Waals surface area contributed by atoms with Crippen LogP contribution in [0.15, 0.2) is 24.3 Å². The van der Waals surface area contributed by atoms with E-state index in [-0.39, 0.29) is 29.4 Å². The first-order valence-corrected chi connectivity index (χ1v) is 9.74. The van der Waals surface area contributed by atoms with Crippen LogP contribution in [0.5, 0.6) is 0 Å². The minimum absolute atomic E-state index is 0.0155. The van der Waals surface area contributed by atoms with Gasteiger partial charge in [0.1, 0.15) is 0 Å². The van der Waals surface area contributed by atoms with E-state index in [0.717, 1.165) is 12.0 Å². The Labute approximate surface area is 133 Å².